The standard InChI is InChI=1S/C11H11BrI2O4/c1-16-5-18-10-7(9(12)11(15)17-2)3-6(13)4-8(10)14/h3-4,9H,5H2,1-2H3. The van der Waals surface area contributed by atoms with Gasteiger partial charge >= 0.3 is 5.97 Å². The lowest BCUT2D eigenvalue weighted by molar-refractivity contribution is -0.139. The molecule has 0 N–H and O–H groups in total. The monoisotopic (exact) mass is 540 g/mol. The van der Waals surface area contributed by atoms with E-state index < -0.39 is 4.83 Å². The van der Waals surface area contributed by atoms with Crippen molar-refractivity contribution < 1.29 is 19.0 Å². The zero-order chi connectivity index (χ0) is 13.7. The number of rotatable bonds is 5. The van der Waals surface area contributed by atoms with Gasteiger partial charge < -0.3 is 14.2 Å². The van der Waals surface area contributed by atoms with Crippen LogP contribution in [0.2, 0.25) is 0 Å². The summed E-state index contributed by atoms with van der Waals surface area (Å²) in [5, 5.41) is 0. The predicted molar refractivity (Wildman–Crippen MR) is 88.1 cm³/mol. The highest BCUT2D eigenvalue weighted by Gasteiger charge is 2.24. The normalized spacial score (nSPS) is 12.1. The minimum atomic E-state index is -0.558. The Bertz CT molecular complexity index is 439. The number of esters is 1. The number of halogens is 3. The summed E-state index contributed by atoms with van der Waals surface area (Å²) in [7, 11) is 2.90. The van der Waals surface area contributed by atoms with Crippen molar-refractivity contribution in [3.8, 4) is 5.75 Å². The van der Waals surface area contributed by atoms with Gasteiger partial charge in [-0.2, -0.15) is 0 Å². The molecule has 0 aliphatic heterocycles. The van der Waals surface area contributed by atoms with E-state index >= 15 is 0 Å². The van der Waals surface area contributed by atoms with E-state index in [0.717, 1.165) is 12.7 Å². The highest BCUT2D eigenvalue weighted by Crippen LogP contribution is 2.37. The van der Waals surface area contributed by atoms with Gasteiger partial charge in [0.2, 0.25) is 0 Å². The Kier molecular flexibility index (Phi) is 7.17. The number of carbonyl (C=O) groups excluding carboxylic acids is 1. The maximum Gasteiger partial charge on any atom is 0.324 e. The van der Waals surface area contributed by atoms with Crippen molar-refractivity contribution in [2.24, 2.45) is 0 Å². The third kappa shape index (κ3) is 4.20. The Morgan fingerprint density at radius 2 is 2.06 bits per heavy atom. The average molecular weight is 541 g/mol. The lowest BCUT2D eigenvalue weighted by Gasteiger charge is -2.16. The van der Waals surface area contributed by atoms with Crippen LogP contribution in [0.15, 0.2) is 12.1 Å². The number of hydrogen-bond acceptors (Lipinski definition) is 4. The first-order valence-corrected chi connectivity index (χ1v) is 7.91. The molecule has 0 aliphatic rings. The number of ether oxygens (including phenoxy) is 3. The van der Waals surface area contributed by atoms with Crippen molar-refractivity contribution in [3.63, 3.8) is 0 Å². The fraction of sp³-hybridized carbons (Fsp3) is 0.364. The minimum absolute atomic E-state index is 0.129. The van der Waals surface area contributed by atoms with Gasteiger partial charge in [0.15, 0.2) is 6.79 Å². The van der Waals surface area contributed by atoms with E-state index in [2.05, 4.69) is 61.1 Å². The van der Waals surface area contributed by atoms with Crippen molar-refractivity contribution in [1.29, 1.82) is 0 Å². The molecule has 4 nitrogen and oxygen atoms in total. The second kappa shape index (κ2) is 7.85. The van der Waals surface area contributed by atoms with E-state index in [-0.39, 0.29) is 12.8 Å². The first kappa shape index (κ1) is 16.4. The molecule has 7 heteroatoms. The van der Waals surface area contributed by atoms with Gasteiger partial charge in [0.1, 0.15) is 10.6 Å². The van der Waals surface area contributed by atoms with Crippen molar-refractivity contribution in [1.82, 2.24) is 0 Å². The maximum atomic E-state index is 11.6. The first-order valence-electron chi connectivity index (χ1n) is 4.83. The van der Waals surface area contributed by atoms with Gasteiger partial charge in [0.25, 0.3) is 0 Å². The Hall–Kier alpha value is 0.390. The molecule has 1 rings (SSSR count). The molecule has 0 saturated heterocycles. The van der Waals surface area contributed by atoms with Crippen molar-refractivity contribution in [2.45, 2.75) is 4.83 Å². The summed E-state index contributed by atoms with van der Waals surface area (Å²) in [5.74, 6) is 0.264. The summed E-state index contributed by atoms with van der Waals surface area (Å²) in [5.41, 5.74) is 0.732. The van der Waals surface area contributed by atoms with Crippen LogP contribution in [0.1, 0.15) is 10.4 Å². The number of carbonyl (C=O) groups is 1. The third-order valence-corrected chi connectivity index (χ3v) is 4.33. The van der Waals surface area contributed by atoms with Gasteiger partial charge in [-0.1, -0.05) is 15.9 Å². The maximum absolute atomic E-state index is 11.6. The molecule has 0 aliphatic carbocycles. The molecule has 0 bridgehead atoms. The molecule has 0 fully saturated rings. The zero-order valence-electron chi connectivity index (χ0n) is 9.71. The molecule has 0 radical (unpaired) electrons. The number of hydrogen-bond donors (Lipinski definition) is 0. The van der Waals surface area contributed by atoms with Crippen molar-refractivity contribution >= 4 is 67.1 Å². The van der Waals surface area contributed by atoms with Crippen LogP contribution in [0, 0.1) is 7.14 Å². The van der Waals surface area contributed by atoms with Crippen LogP contribution in [0.4, 0.5) is 0 Å². The molecular formula is C11H11BrI2O4. The summed E-state index contributed by atoms with van der Waals surface area (Å²) < 4.78 is 17.1. The zero-order valence-corrected chi connectivity index (χ0v) is 15.6. The number of alkyl halides is 1. The van der Waals surface area contributed by atoms with Gasteiger partial charge in [0.05, 0.1) is 10.7 Å². The summed E-state index contributed by atoms with van der Waals surface area (Å²) in [6.07, 6.45) is 0. The van der Waals surface area contributed by atoms with E-state index in [1.165, 1.54) is 7.11 Å². The Morgan fingerprint density at radius 1 is 1.39 bits per heavy atom. The second-order valence-corrected chi connectivity index (χ2v) is 6.57. The molecule has 1 unspecified atom stereocenters. The van der Waals surface area contributed by atoms with Crippen molar-refractivity contribution in [3.05, 3.63) is 24.8 Å². The largest absolute Gasteiger partial charge is 0.468 e. The summed E-state index contributed by atoms with van der Waals surface area (Å²) in [6, 6.07) is 3.84. The van der Waals surface area contributed by atoms with Gasteiger partial charge in [-0.3, -0.25) is 4.79 Å². The summed E-state index contributed by atoms with van der Waals surface area (Å²) in [4.78, 5) is 11.0. The van der Waals surface area contributed by atoms with Gasteiger partial charge in [-0.05, 0) is 57.3 Å². The highest BCUT2D eigenvalue weighted by molar-refractivity contribution is 14.1. The van der Waals surface area contributed by atoms with Crippen LogP contribution in [0.5, 0.6) is 5.75 Å². The van der Waals surface area contributed by atoms with E-state index in [4.69, 9.17) is 14.2 Å². The predicted octanol–water partition coefficient (Wildman–Crippen LogP) is 3.49. The van der Waals surface area contributed by atoms with Gasteiger partial charge in [-0.25, -0.2) is 0 Å². The van der Waals surface area contributed by atoms with Gasteiger partial charge in [-0.15, -0.1) is 0 Å². The quantitative estimate of drug-likeness (QED) is 0.248. The lowest BCUT2D eigenvalue weighted by atomic mass is 10.1. The lowest BCUT2D eigenvalue weighted by Crippen LogP contribution is -2.12. The van der Waals surface area contributed by atoms with E-state index in [1.54, 1.807) is 7.11 Å². The fourth-order valence-electron chi connectivity index (χ4n) is 1.27. The molecule has 0 heterocycles. The van der Waals surface area contributed by atoms with E-state index in [1.807, 2.05) is 12.1 Å². The van der Waals surface area contributed by atoms with Crippen LogP contribution in [0.3, 0.4) is 0 Å². The summed E-state index contributed by atoms with van der Waals surface area (Å²) >= 11 is 7.67. The number of benzene rings is 1. The van der Waals surface area contributed by atoms with Crippen LogP contribution < -0.4 is 4.74 Å². The molecule has 18 heavy (non-hydrogen) atoms. The Morgan fingerprint density at radius 3 is 2.61 bits per heavy atom. The van der Waals surface area contributed by atoms with Crippen LogP contribution in [0.25, 0.3) is 0 Å². The van der Waals surface area contributed by atoms with Crippen LogP contribution in [-0.2, 0) is 14.3 Å². The molecule has 1 atom stereocenters. The molecule has 0 spiro atoms. The highest BCUT2D eigenvalue weighted by atomic mass is 127. The molecule has 0 aromatic heterocycles. The smallest absolute Gasteiger partial charge is 0.324 e. The molecule has 1 aromatic carbocycles. The van der Waals surface area contributed by atoms with Crippen LogP contribution in [-0.4, -0.2) is 27.0 Å². The topological polar surface area (TPSA) is 44.8 Å². The summed E-state index contributed by atoms with van der Waals surface area (Å²) in [6.45, 7) is 0.129. The van der Waals surface area contributed by atoms with Crippen LogP contribution >= 0.6 is 61.1 Å². The molecule has 1 aromatic rings. The number of methoxy groups -OCH3 is 2. The van der Waals surface area contributed by atoms with E-state index in [9.17, 15) is 4.79 Å². The minimum Gasteiger partial charge on any atom is -0.468 e. The first-order chi connectivity index (χ1) is 8.51. The van der Waals surface area contributed by atoms with E-state index in [0.29, 0.717) is 5.75 Å². The fourth-order valence-corrected chi connectivity index (χ4v) is 3.84. The Labute approximate surface area is 141 Å². The third-order valence-electron chi connectivity index (χ3n) is 2.04. The molecular weight excluding hydrogens is 530 g/mol. The molecule has 0 saturated carbocycles. The molecule has 100 valence electrons. The van der Waals surface area contributed by atoms with Gasteiger partial charge in [0, 0.05) is 16.2 Å². The SMILES string of the molecule is COCOc1c(I)cc(I)cc1C(Br)C(=O)OC. The van der Waals surface area contributed by atoms with Crippen molar-refractivity contribution in [2.75, 3.05) is 21.0 Å². The Balaban J connectivity index is 3.17. The average Bonchev–Trinajstić information content (AvgIpc) is 2.35. The second-order valence-electron chi connectivity index (χ2n) is 3.24. The molecule has 0 amide bonds.